The maximum Gasteiger partial charge on any atom is 0.673 e. The maximum atomic E-state index is 9.75. The Hall–Kier alpha value is -2.28. The molecule has 0 N–H and O–H groups in total. The van der Waals surface area contributed by atoms with Gasteiger partial charge in [0.2, 0.25) is 0 Å². The molecule has 0 radical (unpaired) electrons. The van der Waals surface area contributed by atoms with Gasteiger partial charge in [0.25, 0.3) is 0 Å². The number of halogens is 4. The van der Waals surface area contributed by atoms with E-state index in [0.717, 1.165) is 12.8 Å². The Morgan fingerprint density at radius 3 is 1.32 bits per heavy atom. The van der Waals surface area contributed by atoms with Crippen LogP contribution in [-0.4, -0.2) is 7.25 Å². The zero-order valence-electron chi connectivity index (χ0n) is 15.0. The molecule has 6 heteroatoms. The first-order valence-electron chi connectivity index (χ1n) is 8.87. The second-order valence-electron chi connectivity index (χ2n) is 6.22. The third-order valence-corrected chi connectivity index (χ3v) is 6.17. The quantitative estimate of drug-likeness (QED) is 0.365. The van der Waals surface area contributed by atoms with E-state index in [1.165, 1.54) is 22.3 Å². The van der Waals surface area contributed by atoms with Crippen molar-refractivity contribution in [3.05, 3.63) is 105 Å². The van der Waals surface area contributed by atoms with Gasteiger partial charge in [-0.05, 0) is 0 Å². The van der Waals surface area contributed by atoms with Crippen LogP contribution >= 0.6 is 0 Å². The van der Waals surface area contributed by atoms with Crippen molar-refractivity contribution in [1.82, 2.24) is 0 Å². The van der Waals surface area contributed by atoms with Crippen molar-refractivity contribution in [3.63, 3.8) is 0 Å². The third kappa shape index (κ3) is 5.86. The Labute approximate surface area is 168 Å². The third-order valence-electron chi connectivity index (χ3n) is 4.19. The van der Waals surface area contributed by atoms with Crippen LogP contribution < -0.4 is 0 Å². The average Bonchev–Trinajstić information content (AvgIpc) is 3.32. The first-order chi connectivity index (χ1) is 13.4. The van der Waals surface area contributed by atoms with Crippen molar-refractivity contribution < 1.29 is 32.5 Å². The fraction of sp³-hybridized carbons (Fsp3) is 0.0909. The molecule has 0 saturated carbocycles. The summed E-state index contributed by atoms with van der Waals surface area (Å²) in [5.41, 5.74) is 5.59. The van der Waals surface area contributed by atoms with Gasteiger partial charge in [0.15, 0.2) is 0 Å². The van der Waals surface area contributed by atoms with Crippen molar-refractivity contribution >= 4 is 18.4 Å². The fourth-order valence-electron chi connectivity index (χ4n) is 3.07. The van der Waals surface area contributed by atoms with Crippen LogP contribution in [0, 0.1) is 0 Å². The summed E-state index contributed by atoms with van der Waals surface area (Å²) in [7, 11) is -6.00. The number of benzene rings is 2. The smallest absolute Gasteiger partial charge is 0.418 e. The predicted molar refractivity (Wildman–Crippen MR) is 104 cm³/mol. The zero-order valence-corrected chi connectivity index (χ0v) is 16.3. The van der Waals surface area contributed by atoms with Gasteiger partial charge in [0, 0.05) is 0 Å². The van der Waals surface area contributed by atoms with Crippen molar-refractivity contribution in [3.8, 4) is 0 Å². The molecular formula is C22H18BCrF4. The van der Waals surface area contributed by atoms with Gasteiger partial charge in [-0.1, -0.05) is 0 Å². The van der Waals surface area contributed by atoms with Crippen molar-refractivity contribution in [2.75, 3.05) is 0 Å². The fourth-order valence-corrected chi connectivity index (χ4v) is 5.01. The van der Waals surface area contributed by atoms with Gasteiger partial charge in [-0.3, -0.25) is 0 Å². The van der Waals surface area contributed by atoms with Gasteiger partial charge in [0.1, 0.15) is 0 Å². The molecule has 0 unspecified atom stereocenters. The minimum absolute atomic E-state index is 0.420. The minimum Gasteiger partial charge on any atom is -0.418 e. The van der Waals surface area contributed by atoms with Crippen LogP contribution in [0.1, 0.15) is 24.0 Å². The van der Waals surface area contributed by atoms with Crippen LogP contribution in [0.5, 0.6) is 0 Å². The molecule has 2 aliphatic rings. The molecule has 28 heavy (non-hydrogen) atoms. The molecule has 0 heterocycles. The maximum absolute atomic E-state index is 9.75. The van der Waals surface area contributed by atoms with E-state index in [4.69, 9.17) is 0 Å². The number of hydrogen-bond acceptors (Lipinski definition) is 0. The topological polar surface area (TPSA) is 0 Å². The van der Waals surface area contributed by atoms with Crippen LogP contribution in [0.4, 0.5) is 17.3 Å². The summed E-state index contributed by atoms with van der Waals surface area (Å²) < 4.78 is 42.2. The Kier molecular flexibility index (Phi) is 6.77. The molecule has 4 rings (SSSR count). The van der Waals surface area contributed by atoms with E-state index in [2.05, 4.69) is 85.0 Å². The summed E-state index contributed by atoms with van der Waals surface area (Å²) in [6.45, 7) is 0. The van der Waals surface area contributed by atoms with Gasteiger partial charge in [-0.2, -0.15) is 0 Å². The van der Waals surface area contributed by atoms with Gasteiger partial charge in [0.05, 0.1) is 0 Å². The second kappa shape index (κ2) is 9.28. The van der Waals surface area contributed by atoms with E-state index in [9.17, 15) is 17.3 Å². The van der Waals surface area contributed by atoms with Gasteiger partial charge in [-0.15, -0.1) is 0 Å². The molecule has 143 valence electrons. The summed E-state index contributed by atoms with van der Waals surface area (Å²) in [6.07, 6.45) is 11.4. The average molecular weight is 421 g/mol. The number of allylic oxidation sites excluding steroid dienone is 8. The summed E-state index contributed by atoms with van der Waals surface area (Å²) in [5.74, 6) is 0. The van der Waals surface area contributed by atoms with E-state index in [1.54, 1.807) is 8.87 Å². The largest absolute Gasteiger partial charge is 0.673 e. The molecule has 0 aliphatic heterocycles. The van der Waals surface area contributed by atoms with Crippen molar-refractivity contribution in [1.29, 1.82) is 0 Å². The molecule has 0 spiro atoms. The molecule has 0 atom stereocenters. The van der Waals surface area contributed by atoms with Crippen LogP contribution in [0.25, 0.3) is 11.1 Å². The Balaban J connectivity index is 0.000000403. The van der Waals surface area contributed by atoms with E-state index in [-0.39, 0.29) is 0 Å². The molecule has 2 aliphatic carbocycles. The first-order valence-corrected chi connectivity index (χ1v) is 10.1. The molecule has 0 aromatic heterocycles. The molecule has 0 saturated heterocycles. The molecule has 0 fully saturated rings. The molecular weight excluding hydrogens is 403 g/mol. The number of hydrogen-bond donors (Lipinski definition) is 0. The van der Waals surface area contributed by atoms with E-state index in [1.807, 2.05) is 0 Å². The summed E-state index contributed by atoms with van der Waals surface area (Å²) in [6, 6.07) is 21.6. The molecule has 0 nitrogen and oxygen atoms in total. The van der Waals surface area contributed by atoms with E-state index < -0.39 is 7.25 Å². The van der Waals surface area contributed by atoms with E-state index >= 15 is 0 Å². The molecule has 0 amide bonds. The molecule has 0 bridgehead atoms. The standard InChI is InChI=1S/2C11H9.BF4.Cr/c2*1-2-6-10(7-3-1)11-8-4-5-9-11;2-1(3,4)5;/h2*1-4,6-8H,5H2;;/q;;-1;+1. The zero-order chi connectivity index (χ0) is 20.0. The Morgan fingerprint density at radius 1 is 0.607 bits per heavy atom. The van der Waals surface area contributed by atoms with Gasteiger partial charge in [-0.25, -0.2) is 0 Å². The number of rotatable bonds is 4. The van der Waals surface area contributed by atoms with Gasteiger partial charge < -0.3 is 17.3 Å². The normalized spacial score (nSPS) is 15.7. The van der Waals surface area contributed by atoms with E-state index in [0.29, 0.717) is 15.2 Å². The van der Waals surface area contributed by atoms with Crippen molar-refractivity contribution in [2.45, 2.75) is 12.8 Å². The van der Waals surface area contributed by atoms with Crippen LogP contribution in [0.15, 0.2) is 93.8 Å². The Bertz CT molecular complexity index is 849. The predicted octanol–water partition coefficient (Wildman–Crippen LogP) is 7.11. The van der Waals surface area contributed by atoms with Gasteiger partial charge >= 0.3 is 151 Å². The first kappa shape index (κ1) is 20.5. The summed E-state index contributed by atoms with van der Waals surface area (Å²) >= 11 is 0.420. The Morgan fingerprint density at radius 2 is 0.964 bits per heavy atom. The molecule has 2 aromatic carbocycles. The SMILES string of the molecule is C1=CC(c2ccccc2)=[C]([Cr+][C]2=C(c3ccccc3)C=CC2)C1.F[B-](F)(F)F. The minimum atomic E-state index is -6.00. The monoisotopic (exact) mass is 421 g/mol. The summed E-state index contributed by atoms with van der Waals surface area (Å²) in [5, 5.41) is 0. The van der Waals surface area contributed by atoms with Crippen LogP contribution in [0.3, 0.4) is 0 Å². The molecule has 2 aromatic rings. The second-order valence-corrected chi connectivity index (χ2v) is 8.07. The van der Waals surface area contributed by atoms with Crippen LogP contribution in [0.2, 0.25) is 0 Å². The van der Waals surface area contributed by atoms with Crippen LogP contribution in [-0.2, 0) is 15.2 Å². The summed E-state index contributed by atoms with van der Waals surface area (Å²) in [4.78, 5) is 0. The van der Waals surface area contributed by atoms with Crippen molar-refractivity contribution in [2.24, 2.45) is 0 Å².